The van der Waals surface area contributed by atoms with Crippen LogP contribution in [0, 0.1) is 0 Å². The van der Waals surface area contributed by atoms with Gasteiger partial charge >= 0.3 is 17.9 Å². The maximum absolute atomic E-state index is 13.1. The Bertz CT molecular complexity index is 1420. The third-order valence-corrected chi connectivity index (χ3v) is 6.69. The fourth-order valence-corrected chi connectivity index (χ4v) is 4.73. The topological polar surface area (TPSA) is 126 Å². The van der Waals surface area contributed by atoms with Gasteiger partial charge in [0.15, 0.2) is 0 Å². The standard InChI is InChI=1S/C29H27Cl2NO9/c1-37-22-13-18(28(35)40-4)14-23(38-2)24(22)16-8-6-15(7-9-16)10-21(29(36)41-5)32-26(33)25-19(30)11-17(12-20(25)31)27(34)39-3/h6-9,11-14,21H,10H2,1-5H3,(H,32,33)/t21-/m0/s1. The lowest BCUT2D eigenvalue weighted by Crippen LogP contribution is -2.43. The molecule has 12 heteroatoms. The predicted molar refractivity (Wildman–Crippen MR) is 151 cm³/mol. The van der Waals surface area contributed by atoms with E-state index in [1.54, 1.807) is 36.4 Å². The van der Waals surface area contributed by atoms with Crippen LogP contribution in [0.15, 0.2) is 48.5 Å². The zero-order valence-corrected chi connectivity index (χ0v) is 24.3. The molecule has 0 fully saturated rings. The molecule has 1 atom stereocenters. The van der Waals surface area contributed by atoms with Crippen LogP contribution in [0.5, 0.6) is 11.5 Å². The van der Waals surface area contributed by atoms with E-state index in [0.29, 0.717) is 28.2 Å². The van der Waals surface area contributed by atoms with Crippen molar-refractivity contribution in [2.45, 2.75) is 12.5 Å². The molecule has 0 spiro atoms. The quantitative estimate of drug-likeness (QED) is 0.257. The van der Waals surface area contributed by atoms with Crippen LogP contribution >= 0.6 is 23.2 Å². The average Bonchev–Trinajstić information content (AvgIpc) is 2.98. The van der Waals surface area contributed by atoms with Crippen LogP contribution in [0.1, 0.15) is 36.6 Å². The van der Waals surface area contributed by atoms with Gasteiger partial charge in [-0.15, -0.1) is 0 Å². The van der Waals surface area contributed by atoms with Crippen molar-refractivity contribution < 1.29 is 42.9 Å². The van der Waals surface area contributed by atoms with Gasteiger partial charge in [-0.05, 0) is 35.4 Å². The molecule has 3 aromatic rings. The molecule has 0 bridgehead atoms. The van der Waals surface area contributed by atoms with Gasteiger partial charge in [0.2, 0.25) is 0 Å². The van der Waals surface area contributed by atoms with E-state index in [9.17, 15) is 19.2 Å². The molecule has 1 amide bonds. The summed E-state index contributed by atoms with van der Waals surface area (Å²) in [5.74, 6) is -1.85. The van der Waals surface area contributed by atoms with Gasteiger partial charge in [0.1, 0.15) is 17.5 Å². The monoisotopic (exact) mass is 603 g/mol. The minimum absolute atomic E-state index is 0.0665. The fraction of sp³-hybridized carbons (Fsp3) is 0.241. The van der Waals surface area contributed by atoms with Crippen molar-refractivity contribution in [3.63, 3.8) is 0 Å². The lowest BCUT2D eigenvalue weighted by Gasteiger charge is -2.19. The van der Waals surface area contributed by atoms with Crippen molar-refractivity contribution in [3.8, 4) is 22.6 Å². The van der Waals surface area contributed by atoms with Gasteiger partial charge in [0.05, 0.1) is 67.8 Å². The number of hydrogen-bond donors (Lipinski definition) is 1. The van der Waals surface area contributed by atoms with Gasteiger partial charge in [-0.3, -0.25) is 4.79 Å². The predicted octanol–water partition coefficient (Wildman–Crippen LogP) is 4.76. The van der Waals surface area contributed by atoms with E-state index in [1.165, 1.54) is 47.7 Å². The second kappa shape index (κ2) is 13.9. The number of carbonyl (C=O) groups is 4. The summed E-state index contributed by atoms with van der Waals surface area (Å²) in [5.41, 5.74) is 2.22. The summed E-state index contributed by atoms with van der Waals surface area (Å²) >= 11 is 12.5. The minimum Gasteiger partial charge on any atom is -0.496 e. The van der Waals surface area contributed by atoms with Crippen LogP contribution in [-0.4, -0.2) is 65.4 Å². The van der Waals surface area contributed by atoms with Gasteiger partial charge in [-0.2, -0.15) is 0 Å². The number of amides is 1. The third-order valence-electron chi connectivity index (χ3n) is 6.09. The van der Waals surface area contributed by atoms with E-state index in [1.807, 2.05) is 0 Å². The molecule has 0 unspecified atom stereocenters. The Morgan fingerprint density at radius 3 is 1.66 bits per heavy atom. The van der Waals surface area contributed by atoms with Gasteiger partial charge < -0.3 is 29.0 Å². The van der Waals surface area contributed by atoms with Crippen molar-refractivity contribution >= 4 is 47.0 Å². The normalized spacial score (nSPS) is 11.2. The smallest absolute Gasteiger partial charge is 0.338 e. The summed E-state index contributed by atoms with van der Waals surface area (Å²) in [6.07, 6.45) is 0.0731. The van der Waals surface area contributed by atoms with Gasteiger partial charge in [0.25, 0.3) is 5.91 Å². The highest BCUT2D eigenvalue weighted by atomic mass is 35.5. The first-order valence-electron chi connectivity index (χ1n) is 12.0. The molecule has 0 heterocycles. The number of hydrogen-bond acceptors (Lipinski definition) is 9. The molecule has 0 saturated carbocycles. The van der Waals surface area contributed by atoms with Crippen LogP contribution in [0.3, 0.4) is 0 Å². The number of ether oxygens (including phenoxy) is 5. The maximum atomic E-state index is 13.1. The molecule has 0 radical (unpaired) electrons. The summed E-state index contributed by atoms with van der Waals surface area (Å²) in [5, 5.41) is 2.41. The third kappa shape index (κ3) is 7.08. The van der Waals surface area contributed by atoms with Crippen LogP contribution in [0.2, 0.25) is 10.0 Å². The van der Waals surface area contributed by atoms with Gasteiger partial charge in [-0.1, -0.05) is 47.5 Å². The second-order valence-electron chi connectivity index (χ2n) is 8.50. The van der Waals surface area contributed by atoms with Crippen molar-refractivity contribution in [3.05, 3.63) is 80.8 Å². The number of nitrogens with one attached hydrogen (secondary N) is 1. The summed E-state index contributed by atoms with van der Waals surface area (Å²) in [4.78, 5) is 49.5. The Labute approximate surface area is 246 Å². The number of methoxy groups -OCH3 is 5. The lowest BCUT2D eigenvalue weighted by molar-refractivity contribution is -0.142. The Balaban J connectivity index is 1.88. The highest BCUT2D eigenvalue weighted by molar-refractivity contribution is 6.40. The van der Waals surface area contributed by atoms with Crippen LogP contribution in [-0.2, 0) is 25.4 Å². The highest BCUT2D eigenvalue weighted by Crippen LogP contribution is 2.40. The molecule has 10 nitrogen and oxygen atoms in total. The molecule has 3 aromatic carbocycles. The number of rotatable bonds is 10. The molecule has 1 N–H and O–H groups in total. The summed E-state index contributed by atoms with van der Waals surface area (Å²) in [7, 11) is 6.62. The average molecular weight is 604 g/mol. The minimum atomic E-state index is -1.09. The Hall–Kier alpha value is -4.28. The van der Waals surface area contributed by atoms with E-state index >= 15 is 0 Å². The Kier molecular flexibility index (Phi) is 10.6. The molecule has 0 aliphatic rings. The first-order valence-corrected chi connectivity index (χ1v) is 12.7. The molecular formula is C29H27Cl2NO9. The summed E-state index contributed by atoms with van der Waals surface area (Å²) < 4.78 is 25.4. The molecule has 41 heavy (non-hydrogen) atoms. The first-order chi connectivity index (χ1) is 19.6. The van der Waals surface area contributed by atoms with Gasteiger partial charge in [0, 0.05) is 6.42 Å². The SMILES string of the molecule is COC(=O)c1cc(Cl)c(C(=O)N[C@@H](Cc2ccc(-c3c(OC)cc(C(=O)OC)cc3OC)cc2)C(=O)OC)c(Cl)c1. The molecule has 0 aliphatic carbocycles. The zero-order chi connectivity index (χ0) is 30.3. The molecule has 0 aliphatic heterocycles. The largest absolute Gasteiger partial charge is 0.496 e. The maximum Gasteiger partial charge on any atom is 0.338 e. The van der Waals surface area contributed by atoms with Crippen LogP contribution < -0.4 is 14.8 Å². The lowest BCUT2D eigenvalue weighted by atomic mass is 9.97. The second-order valence-corrected chi connectivity index (χ2v) is 9.32. The molecule has 3 rings (SSSR count). The number of benzene rings is 3. The molecule has 0 aromatic heterocycles. The molecular weight excluding hydrogens is 577 g/mol. The summed E-state index contributed by atoms with van der Waals surface area (Å²) in [6, 6.07) is 11.6. The highest BCUT2D eigenvalue weighted by Gasteiger charge is 2.26. The zero-order valence-electron chi connectivity index (χ0n) is 22.8. The Morgan fingerprint density at radius 2 is 1.22 bits per heavy atom. The van der Waals surface area contributed by atoms with Crippen molar-refractivity contribution in [1.29, 1.82) is 0 Å². The van der Waals surface area contributed by atoms with Crippen LogP contribution in [0.25, 0.3) is 11.1 Å². The first kappa shape index (κ1) is 31.3. The summed E-state index contributed by atoms with van der Waals surface area (Å²) in [6.45, 7) is 0. The van der Waals surface area contributed by atoms with E-state index in [2.05, 4.69) is 10.1 Å². The van der Waals surface area contributed by atoms with E-state index in [0.717, 1.165) is 0 Å². The number of carbonyl (C=O) groups excluding carboxylic acids is 4. The number of halogens is 2. The van der Waals surface area contributed by atoms with E-state index < -0.39 is 29.9 Å². The number of esters is 3. The van der Waals surface area contributed by atoms with E-state index in [4.69, 9.17) is 42.1 Å². The van der Waals surface area contributed by atoms with Crippen molar-refractivity contribution in [1.82, 2.24) is 5.32 Å². The Morgan fingerprint density at radius 1 is 0.732 bits per heavy atom. The fourth-order valence-electron chi connectivity index (χ4n) is 4.07. The molecule has 216 valence electrons. The van der Waals surface area contributed by atoms with E-state index in [-0.39, 0.29) is 33.2 Å². The van der Waals surface area contributed by atoms with Crippen molar-refractivity contribution in [2.24, 2.45) is 0 Å². The van der Waals surface area contributed by atoms with Crippen molar-refractivity contribution in [2.75, 3.05) is 35.5 Å². The van der Waals surface area contributed by atoms with Crippen LogP contribution in [0.4, 0.5) is 0 Å². The molecule has 0 saturated heterocycles. The van der Waals surface area contributed by atoms with Gasteiger partial charge in [-0.25, -0.2) is 14.4 Å².